The van der Waals surface area contributed by atoms with Gasteiger partial charge >= 0.3 is 0 Å². The van der Waals surface area contributed by atoms with Crippen molar-refractivity contribution in [2.75, 3.05) is 0 Å². The summed E-state index contributed by atoms with van der Waals surface area (Å²) < 4.78 is 2.15. The van der Waals surface area contributed by atoms with Gasteiger partial charge in [-0.3, -0.25) is 4.79 Å². The molecule has 1 aromatic carbocycles. The molecule has 18 heavy (non-hydrogen) atoms. The Morgan fingerprint density at radius 1 is 1.39 bits per heavy atom. The molecule has 0 N–H and O–H groups in total. The Hall–Kier alpha value is -1.94. The molecule has 0 unspecified atom stereocenters. The fraction of sp³-hybridized carbons (Fsp3) is 0.143. The number of aromatic nitrogens is 2. The fourth-order valence-electron chi connectivity index (χ4n) is 2.13. The van der Waals surface area contributed by atoms with Crippen molar-refractivity contribution < 1.29 is 4.79 Å². The molecular formula is C14H12N2OS. The molecule has 3 nitrogen and oxygen atoms in total. The highest BCUT2D eigenvalue weighted by atomic mass is 32.1. The van der Waals surface area contributed by atoms with E-state index >= 15 is 0 Å². The van der Waals surface area contributed by atoms with Crippen molar-refractivity contribution in [1.82, 2.24) is 9.55 Å². The van der Waals surface area contributed by atoms with E-state index < -0.39 is 0 Å². The third kappa shape index (κ3) is 1.84. The maximum Gasteiger partial charge on any atom is 0.150 e. The van der Waals surface area contributed by atoms with E-state index in [0.717, 1.165) is 34.3 Å². The number of aryl methyl sites for hydroxylation is 1. The molecule has 0 spiro atoms. The molecule has 3 aromatic rings. The average Bonchev–Trinajstić information content (AvgIpc) is 2.97. The molecule has 3 rings (SSSR count). The number of carbonyl (C=O) groups excluding carboxylic acids is 1. The summed E-state index contributed by atoms with van der Waals surface area (Å²) in [6.07, 6.45) is 4.84. The molecule has 0 radical (unpaired) electrons. The van der Waals surface area contributed by atoms with Crippen LogP contribution in [-0.2, 0) is 6.54 Å². The van der Waals surface area contributed by atoms with Crippen LogP contribution in [-0.4, -0.2) is 15.8 Å². The molecule has 0 aliphatic heterocycles. The van der Waals surface area contributed by atoms with Gasteiger partial charge in [0.05, 0.1) is 11.6 Å². The summed E-state index contributed by atoms with van der Waals surface area (Å²) in [6, 6.07) is 7.79. The van der Waals surface area contributed by atoms with E-state index in [1.54, 1.807) is 11.3 Å². The first-order chi connectivity index (χ1) is 8.78. The van der Waals surface area contributed by atoms with Crippen LogP contribution in [0.15, 0.2) is 36.7 Å². The summed E-state index contributed by atoms with van der Waals surface area (Å²) in [6.45, 7) is 2.81. The van der Waals surface area contributed by atoms with E-state index in [1.165, 1.54) is 4.88 Å². The Kier molecular flexibility index (Phi) is 2.72. The first-order valence-corrected chi connectivity index (χ1v) is 6.54. The Balaban J connectivity index is 2.05. The van der Waals surface area contributed by atoms with Crippen LogP contribution in [0, 0.1) is 6.92 Å². The zero-order valence-electron chi connectivity index (χ0n) is 9.96. The molecule has 2 aromatic heterocycles. The van der Waals surface area contributed by atoms with Crippen molar-refractivity contribution in [3.63, 3.8) is 0 Å². The molecule has 0 bridgehead atoms. The summed E-state index contributed by atoms with van der Waals surface area (Å²) in [5.74, 6) is 0. The molecule has 0 amide bonds. The van der Waals surface area contributed by atoms with Gasteiger partial charge in [-0.25, -0.2) is 4.98 Å². The fourth-order valence-corrected chi connectivity index (χ4v) is 2.93. The van der Waals surface area contributed by atoms with Crippen molar-refractivity contribution >= 4 is 28.5 Å². The van der Waals surface area contributed by atoms with Crippen LogP contribution in [0.3, 0.4) is 0 Å². The number of nitrogens with zero attached hydrogens (tertiary/aromatic N) is 2. The summed E-state index contributed by atoms with van der Waals surface area (Å²) in [5.41, 5.74) is 1.83. The largest absolute Gasteiger partial charge is 0.342 e. The highest BCUT2D eigenvalue weighted by Gasteiger charge is 2.06. The van der Waals surface area contributed by atoms with Crippen molar-refractivity contribution in [3.05, 3.63) is 52.1 Å². The van der Waals surface area contributed by atoms with E-state index in [0.29, 0.717) is 0 Å². The Bertz CT molecular complexity index is 711. The molecule has 2 heterocycles. The molecule has 4 heteroatoms. The van der Waals surface area contributed by atoms with Crippen LogP contribution >= 0.6 is 11.3 Å². The van der Waals surface area contributed by atoms with Gasteiger partial charge in [-0.05, 0) is 19.1 Å². The normalized spacial score (nSPS) is 10.9. The van der Waals surface area contributed by atoms with Gasteiger partial charge in [0.25, 0.3) is 0 Å². The number of thiazole rings is 1. The Morgan fingerprint density at radius 2 is 2.28 bits per heavy atom. The predicted octanol–water partition coefficient (Wildman–Crippen LogP) is 3.27. The lowest BCUT2D eigenvalue weighted by molar-refractivity contribution is 0.112. The molecule has 0 aliphatic carbocycles. The third-order valence-electron chi connectivity index (χ3n) is 2.97. The van der Waals surface area contributed by atoms with E-state index in [1.807, 2.05) is 43.6 Å². The first-order valence-electron chi connectivity index (χ1n) is 5.72. The van der Waals surface area contributed by atoms with E-state index in [2.05, 4.69) is 9.55 Å². The lowest BCUT2D eigenvalue weighted by Gasteiger charge is -2.03. The van der Waals surface area contributed by atoms with Gasteiger partial charge in [0, 0.05) is 33.7 Å². The van der Waals surface area contributed by atoms with Gasteiger partial charge in [0.1, 0.15) is 0 Å². The third-order valence-corrected chi connectivity index (χ3v) is 3.87. The van der Waals surface area contributed by atoms with Crippen molar-refractivity contribution in [2.24, 2.45) is 0 Å². The number of hydrogen-bond acceptors (Lipinski definition) is 3. The SMILES string of the molecule is Cc1ncc(Cn2ccc3c(C=O)cccc32)s1. The smallest absolute Gasteiger partial charge is 0.150 e. The number of rotatable bonds is 3. The molecule has 90 valence electrons. The van der Waals surface area contributed by atoms with E-state index in [9.17, 15) is 4.79 Å². The van der Waals surface area contributed by atoms with Gasteiger partial charge in [-0.1, -0.05) is 12.1 Å². The monoisotopic (exact) mass is 256 g/mol. The topological polar surface area (TPSA) is 34.9 Å². The van der Waals surface area contributed by atoms with Crippen LogP contribution in [0.2, 0.25) is 0 Å². The van der Waals surface area contributed by atoms with Gasteiger partial charge < -0.3 is 4.57 Å². The van der Waals surface area contributed by atoms with Gasteiger partial charge in [-0.2, -0.15) is 0 Å². The van der Waals surface area contributed by atoms with Crippen LogP contribution in [0.25, 0.3) is 10.9 Å². The summed E-state index contributed by atoms with van der Waals surface area (Å²) in [5, 5.41) is 2.09. The molecule has 0 atom stereocenters. The standard InChI is InChI=1S/C14H12N2OS/c1-10-15-7-12(18-10)8-16-6-5-13-11(9-17)3-2-4-14(13)16/h2-7,9H,8H2,1H3. The lowest BCUT2D eigenvalue weighted by Crippen LogP contribution is -1.95. The van der Waals surface area contributed by atoms with Crippen LogP contribution < -0.4 is 0 Å². The average molecular weight is 256 g/mol. The zero-order valence-corrected chi connectivity index (χ0v) is 10.8. The second-order valence-electron chi connectivity index (χ2n) is 4.19. The number of fused-ring (bicyclic) bond motifs is 1. The summed E-state index contributed by atoms with van der Waals surface area (Å²) in [7, 11) is 0. The quantitative estimate of drug-likeness (QED) is 0.674. The van der Waals surface area contributed by atoms with Crippen molar-refractivity contribution in [1.29, 1.82) is 0 Å². The summed E-state index contributed by atoms with van der Waals surface area (Å²) >= 11 is 1.70. The van der Waals surface area contributed by atoms with E-state index in [4.69, 9.17) is 0 Å². The summed E-state index contributed by atoms with van der Waals surface area (Å²) in [4.78, 5) is 16.5. The Morgan fingerprint density at radius 3 is 3.00 bits per heavy atom. The Labute approximate surface area is 109 Å². The second kappa shape index (κ2) is 4.38. The molecule has 0 aliphatic rings. The minimum absolute atomic E-state index is 0.742. The maximum atomic E-state index is 11.0. The highest BCUT2D eigenvalue weighted by molar-refractivity contribution is 7.11. The number of benzene rings is 1. The number of hydrogen-bond donors (Lipinski definition) is 0. The van der Waals surface area contributed by atoms with Crippen LogP contribution in [0.5, 0.6) is 0 Å². The van der Waals surface area contributed by atoms with E-state index in [-0.39, 0.29) is 0 Å². The molecule has 0 saturated carbocycles. The molecular weight excluding hydrogens is 244 g/mol. The maximum absolute atomic E-state index is 11.0. The van der Waals surface area contributed by atoms with Crippen molar-refractivity contribution in [2.45, 2.75) is 13.5 Å². The van der Waals surface area contributed by atoms with Gasteiger partial charge in [-0.15, -0.1) is 11.3 Å². The predicted molar refractivity (Wildman–Crippen MR) is 73.3 cm³/mol. The first kappa shape index (κ1) is 11.2. The van der Waals surface area contributed by atoms with Gasteiger partial charge in [0.2, 0.25) is 0 Å². The second-order valence-corrected chi connectivity index (χ2v) is 5.51. The lowest BCUT2D eigenvalue weighted by atomic mass is 10.1. The minimum atomic E-state index is 0.742. The number of aldehydes is 1. The molecule has 0 fully saturated rings. The number of carbonyl (C=O) groups is 1. The minimum Gasteiger partial charge on any atom is -0.342 e. The molecule has 0 saturated heterocycles. The van der Waals surface area contributed by atoms with Gasteiger partial charge in [0.15, 0.2) is 6.29 Å². The zero-order chi connectivity index (χ0) is 12.5. The van der Waals surface area contributed by atoms with Crippen molar-refractivity contribution in [3.8, 4) is 0 Å². The van der Waals surface area contributed by atoms with Crippen LogP contribution in [0.4, 0.5) is 0 Å². The van der Waals surface area contributed by atoms with Crippen LogP contribution in [0.1, 0.15) is 20.2 Å². The highest BCUT2D eigenvalue weighted by Crippen LogP contribution is 2.21.